The average Bonchev–Trinajstić information content (AvgIpc) is 1.65. The van der Waals surface area contributed by atoms with Crippen LogP contribution in [-0.4, -0.2) is 13.5 Å². The maximum absolute atomic E-state index is 10.4. The van der Waals surface area contributed by atoms with Gasteiger partial charge in [-0.3, -0.25) is 0 Å². The Kier molecular flexibility index (Phi) is 3.32. The first-order chi connectivity index (χ1) is 3.66. The molecule has 0 aromatic rings. The van der Waals surface area contributed by atoms with Gasteiger partial charge in [0, 0.05) is 0 Å². The molecule has 8 heavy (non-hydrogen) atoms. The van der Waals surface area contributed by atoms with Crippen LogP contribution in [0.5, 0.6) is 0 Å². The summed E-state index contributed by atoms with van der Waals surface area (Å²) < 4.78 is 0. The van der Waals surface area contributed by atoms with Crippen LogP contribution in [0.1, 0.15) is 20.3 Å². The summed E-state index contributed by atoms with van der Waals surface area (Å²) in [6, 6.07) is 0. The van der Waals surface area contributed by atoms with E-state index in [9.17, 15) is 4.79 Å². The summed E-state index contributed by atoms with van der Waals surface area (Å²) in [5.74, 6) is 0.285. The third-order valence-electron chi connectivity index (χ3n) is 0.759. The fourth-order valence-electron chi connectivity index (χ4n) is 0.414. The molecule has 0 fully saturated rings. The number of amides is 1. The number of nitrogens with zero attached hydrogens (tertiary/aromatic N) is 1. The molecule has 0 bridgehead atoms. The van der Waals surface area contributed by atoms with Crippen molar-refractivity contribution in [1.29, 1.82) is 0 Å². The molecule has 0 saturated carbocycles. The van der Waals surface area contributed by atoms with Crippen molar-refractivity contribution in [2.24, 2.45) is 10.8 Å². The zero-order valence-corrected chi connectivity index (χ0v) is 5.35. The molecule has 0 aliphatic heterocycles. The van der Waals surface area contributed by atoms with Crippen molar-refractivity contribution >= 4 is 13.5 Å². The van der Waals surface area contributed by atoms with Gasteiger partial charge in [0.15, 0.2) is 0 Å². The number of rotatable bonds is 2. The molecule has 0 aliphatic rings. The molecular weight excluding hydrogens is 101 g/mol. The minimum absolute atomic E-state index is 0.111. The van der Waals surface area contributed by atoms with Crippen LogP contribution in [0.4, 0.5) is 0 Å². The number of hydrogen-bond donors (Lipinski definition) is 0. The Morgan fingerprint density at radius 3 is 2.38 bits per heavy atom. The minimum atomic E-state index is -0.111. The van der Waals surface area contributed by atoms with Crippen molar-refractivity contribution in [3.05, 3.63) is 0 Å². The van der Waals surface area contributed by atoms with Crippen molar-refractivity contribution in [2.75, 3.05) is 0 Å². The number of carbonyl (C=O) groups is 1. The zero-order valence-electron chi connectivity index (χ0n) is 5.35. The maximum atomic E-state index is 10.4. The van der Waals surface area contributed by atoms with E-state index >= 15 is 0 Å². The second-order valence-corrected chi connectivity index (χ2v) is 2.15. The molecular formula is C5H10BNO. The number of hydrogen-bond acceptors (Lipinski definition) is 1. The van der Waals surface area contributed by atoms with Crippen LogP contribution >= 0.6 is 0 Å². The zero-order chi connectivity index (χ0) is 6.57. The SMILES string of the molecule is B=NC(=O)CC(C)C. The van der Waals surface area contributed by atoms with E-state index in [2.05, 4.69) is 12.5 Å². The van der Waals surface area contributed by atoms with Crippen LogP contribution in [-0.2, 0) is 4.79 Å². The fraction of sp³-hybridized carbons (Fsp3) is 0.800. The standard InChI is InChI=1S/C5H10BNO/c1-4(2)3-5(8)7-6/h4,6H,3H2,1-2H3. The normalized spacial score (nSPS) is 9.25. The summed E-state index contributed by atoms with van der Waals surface area (Å²) >= 11 is 0. The molecule has 0 unspecified atom stereocenters. The van der Waals surface area contributed by atoms with Crippen LogP contribution < -0.4 is 0 Å². The molecule has 0 rings (SSSR count). The van der Waals surface area contributed by atoms with Gasteiger partial charge in [-0.2, -0.15) is 0 Å². The summed E-state index contributed by atoms with van der Waals surface area (Å²) in [6.45, 7) is 3.95. The molecule has 0 aliphatic carbocycles. The predicted molar refractivity (Wildman–Crippen MR) is 34.0 cm³/mol. The van der Waals surface area contributed by atoms with E-state index in [0.717, 1.165) is 0 Å². The first kappa shape index (κ1) is 7.53. The van der Waals surface area contributed by atoms with E-state index in [-0.39, 0.29) is 5.91 Å². The Labute approximate surface area is 50.4 Å². The van der Waals surface area contributed by atoms with E-state index in [0.29, 0.717) is 12.3 Å². The van der Waals surface area contributed by atoms with Gasteiger partial charge in [0.05, 0.1) is 0 Å². The van der Waals surface area contributed by atoms with Gasteiger partial charge in [0.25, 0.3) is 0 Å². The Morgan fingerprint density at radius 2 is 2.25 bits per heavy atom. The second-order valence-electron chi connectivity index (χ2n) is 2.15. The van der Waals surface area contributed by atoms with Gasteiger partial charge >= 0.3 is 49.4 Å². The van der Waals surface area contributed by atoms with Gasteiger partial charge in [-0.05, 0) is 0 Å². The van der Waals surface area contributed by atoms with Crippen LogP contribution in [0.25, 0.3) is 0 Å². The van der Waals surface area contributed by atoms with E-state index in [1.807, 2.05) is 13.8 Å². The van der Waals surface area contributed by atoms with Crippen molar-refractivity contribution < 1.29 is 4.79 Å². The summed E-state index contributed by atoms with van der Waals surface area (Å²) in [6.07, 6.45) is 0.517. The molecule has 1 amide bonds. The molecule has 0 aromatic heterocycles. The fourth-order valence-corrected chi connectivity index (χ4v) is 0.414. The van der Waals surface area contributed by atoms with E-state index in [1.165, 1.54) is 0 Å². The Balaban J connectivity index is 3.39. The van der Waals surface area contributed by atoms with Gasteiger partial charge in [0.2, 0.25) is 0 Å². The molecule has 0 radical (unpaired) electrons. The van der Waals surface area contributed by atoms with Gasteiger partial charge in [-0.15, -0.1) is 0 Å². The molecule has 44 valence electrons. The summed E-state index contributed by atoms with van der Waals surface area (Å²) in [5.41, 5.74) is 0. The number of carbonyl (C=O) groups excluding carboxylic acids is 1. The third-order valence-corrected chi connectivity index (χ3v) is 0.759. The molecule has 0 N–H and O–H groups in total. The molecule has 0 atom stereocenters. The van der Waals surface area contributed by atoms with Crippen LogP contribution in [0.3, 0.4) is 0 Å². The van der Waals surface area contributed by atoms with Crippen LogP contribution in [0, 0.1) is 5.92 Å². The van der Waals surface area contributed by atoms with Crippen LogP contribution in [0.2, 0.25) is 0 Å². The van der Waals surface area contributed by atoms with Crippen LogP contribution in [0.15, 0.2) is 4.90 Å². The van der Waals surface area contributed by atoms with Crippen molar-refractivity contribution in [3.8, 4) is 0 Å². The van der Waals surface area contributed by atoms with E-state index in [4.69, 9.17) is 0 Å². The van der Waals surface area contributed by atoms with Gasteiger partial charge in [-0.1, -0.05) is 0 Å². The quantitative estimate of drug-likeness (QED) is 0.481. The Bertz CT molecular complexity index is 101. The van der Waals surface area contributed by atoms with E-state index < -0.39 is 0 Å². The van der Waals surface area contributed by atoms with Crippen molar-refractivity contribution in [3.63, 3.8) is 0 Å². The van der Waals surface area contributed by atoms with Gasteiger partial charge in [0.1, 0.15) is 0 Å². The third kappa shape index (κ3) is 3.72. The predicted octanol–water partition coefficient (Wildman–Crippen LogP) is 0.643. The van der Waals surface area contributed by atoms with Crippen molar-refractivity contribution in [2.45, 2.75) is 20.3 Å². The average molecular weight is 111 g/mol. The van der Waals surface area contributed by atoms with E-state index in [1.54, 1.807) is 0 Å². The molecule has 0 saturated heterocycles. The summed E-state index contributed by atoms with van der Waals surface area (Å²) in [5, 5.41) is 0. The topological polar surface area (TPSA) is 29.4 Å². The molecule has 0 aromatic carbocycles. The molecule has 2 nitrogen and oxygen atoms in total. The first-order valence-corrected chi connectivity index (χ1v) is 2.66. The van der Waals surface area contributed by atoms with Crippen molar-refractivity contribution in [1.82, 2.24) is 0 Å². The second kappa shape index (κ2) is 3.53. The summed E-state index contributed by atoms with van der Waals surface area (Å²) in [7, 11) is 3.11. The monoisotopic (exact) mass is 111 g/mol. The molecule has 3 heteroatoms. The molecule has 0 spiro atoms. The van der Waals surface area contributed by atoms with Gasteiger partial charge < -0.3 is 0 Å². The molecule has 0 heterocycles. The van der Waals surface area contributed by atoms with Gasteiger partial charge in [-0.25, -0.2) is 0 Å². The first-order valence-electron chi connectivity index (χ1n) is 2.66. The summed E-state index contributed by atoms with van der Waals surface area (Å²) in [4.78, 5) is 13.6. The Morgan fingerprint density at radius 1 is 1.75 bits per heavy atom. The Hall–Kier alpha value is -0.465.